The highest BCUT2D eigenvalue weighted by Crippen LogP contribution is 2.25. The maximum atomic E-state index is 12.6. The molecule has 9 heteroatoms. The highest BCUT2D eigenvalue weighted by Gasteiger charge is 2.20. The Kier molecular flexibility index (Phi) is 6.91. The molecule has 3 rings (SSSR count). The van der Waals surface area contributed by atoms with Gasteiger partial charge in [-0.25, -0.2) is 13.4 Å². The van der Waals surface area contributed by atoms with Crippen LogP contribution < -0.4 is 14.8 Å². The monoisotopic (exact) mass is 445 g/mol. The van der Waals surface area contributed by atoms with E-state index in [-0.39, 0.29) is 16.6 Å². The Morgan fingerprint density at radius 2 is 1.77 bits per heavy atom. The highest BCUT2D eigenvalue weighted by atomic mass is 35.5. The van der Waals surface area contributed by atoms with Crippen LogP contribution >= 0.6 is 11.6 Å². The molecule has 1 heterocycles. The number of hydrogen-bond acceptors (Lipinski definition) is 5. The van der Waals surface area contributed by atoms with Gasteiger partial charge in [-0.05, 0) is 55.0 Å². The zero-order valence-electron chi connectivity index (χ0n) is 16.1. The van der Waals surface area contributed by atoms with Gasteiger partial charge in [0.2, 0.25) is 0 Å². The van der Waals surface area contributed by atoms with Crippen LogP contribution in [0, 0.1) is 0 Å². The Hall–Kier alpha value is -3.10. The van der Waals surface area contributed by atoms with E-state index in [1.54, 1.807) is 42.5 Å². The molecule has 30 heavy (non-hydrogen) atoms. The summed E-state index contributed by atoms with van der Waals surface area (Å²) in [5, 5.41) is 3.14. The molecule has 156 valence electrons. The molecule has 0 unspecified atom stereocenters. The van der Waals surface area contributed by atoms with Crippen LogP contribution in [0.3, 0.4) is 0 Å². The summed E-state index contributed by atoms with van der Waals surface area (Å²) in [4.78, 5) is 16.6. The van der Waals surface area contributed by atoms with Crippen molar-refractivity contribution < 1.29 is 17.9 Å². The Morgan fingerprint density at radius 1 is 1.07 bits per heavy atom. The van der Waals surface area contributed by atoms with Crippen molar-refractivity contribution in [3.8, 4) is 5.75 Å². The lowest BCUT2D eigenvalue weighted by Crippen LogP contribution is -2.32. The Morgan fingerprint density at radius 3 is 2.40 bits per heavy atom. The van der Waals surface area contributed by atoms with Crippen LogP contribution in [0.25, 0.3) is 0 Å². The summed E-state index contributed by atoms with van der Waals surface area (Å²) in [6.45, 7) is 1.82. The van der Waals surface area contributed by atoms with Gasteiger partial charge >= 0.3 is 0 Å². The fraction of sp³-hybridized carbons (Fsp3) is 0.143. The maximum absolute atomic E-state index is 12.6. The van der Waals surface area contributed by atoms with E-state index < -0.39 is 16.1 Å². The molecule has 0 saturated heterocycles. The summed E-state index contributed by atoms with van der Waals surface area (Å²) in [6, 6.07) is 17.6. The minimum atomic E-state index is -3.79. The van der Waals surface area contributed by atoms with Crippen molar-refractivity contribution in [3.05, 3.63) is 77.9 Å². The third-order valence-electron chi connectivity index (χ3n) is 4.11. The highest BCUT2D eigenvalue weighted by molar-refractivity contribution is 7.92. The third kappa shape index (κ3) is 5.49. The number of carbonyl (C=O) groups excluding carboxylic acids is 1. The van der Waals surface area contributed by atoms with Crippen molar-refractivity contribution in [2.24, 2.45) is 0 Å². The molecule has 0 fully saturated rings. The van der Waals surface area contributed by atoms with E-state index in [4.69, 9.17) is 16.3 Å². The van der Waals surface area contributed by atoms with Crippen LogP contribution in [-0.2, 0) is 14.8 Å². The lowest BCUT2D eigenvalue weighted by molar-refractivity contribution is -0.122. The molecule has 0 spiro atoms. The molecule has 1 atom stereocenters. The number of anilines is 2. The van der Waals surface area contributed by atoms with Crippen molar-refractivity contribution in [2.45, 2.75) is 24.3 Å². The Labute approximate surface area is 180 Å². The molecule has 0 aliphatic carbocycles. The molecule has 0 bridgehead atoms. The Balaban J connectivity index is 1.67. The van der Waals surface area contributed by atoms with Crippen LogP contribution in [0.5, 0.6) is 5.75 Å². The van der Waals surface area contributed by atoms with Crippen LogP contribution in [0.2, 0.25) is 5.02 Å². The fourth-order valence-electron chi connectivity index (χ4n) is 2.58. The average Bonchev–Trinajstić information content (AvgIpc) is 2.74. The second-order valence-electron chi connectivity index (χ2n) is 6.28. The standard InChI is InChI=1S/C21H20ClN3O4S/c1-2-18(29-19-8-4-3-7-17(19)22)21(26)24-15-10-12-16(13-11-15)30(27,28)25-20-9-5-6-14-23-20/h3-14,18H,2H2,1H3,(H,23,25)(H,24,26)/t18-/m0/s1. The zero-order valence-corrected chi connectivity index (χ0v) is 17.7. The second kappa shape index (κ2) is 9.60. The summed E-state index contributed by atoms with van der Waals surface area (Å²) in [7, 11) is -3.79. The predicted octanol–water partition coefficient (Wildman–Crippen LogP) is 4.33. The largest absolute Gasteiger partial charge is 0.479 e. The quantitative estimate of drug-likeness (QED) is 0.537. The van der Waals surface area contributed by atoms with E-state index in [0.29, 0.717) is 22.9 Å². The first-order valence-electron chi connectivity index (χ1n) is 9.15. The maximum Gasteiger partial charge on any atom is 0.265 e. The fourth-order valence-corrected chi connectivity index (χ4v) is 3.76. The molecular weight excluding hydrogens is 426 g/mol. The van der Waals surface area contributed by atoms with E-state index in [1.807, 2.05) is 6.92 Å². The summed E-state index contributed by atoms with van der Waals surface area (Å²) in [6.07, 6.45) is 1.17. The van der Waals surface area contributed by atoms with Crippen molar-refractivity contribution in [1.82, 2.24) is 4.98 Å². The number of hydrogen-bond donors (Lipinski definition) is 2. The van der Waals surface area contributed by atoms with E-state index in [9.17, 15) is 13.2 Å². The molecule has 0 aliphatic rings. The van der Waals surface area contributed by atoms with Gasteiger partial charge < -0.3 is 10.1 Å². The molecule has 3 aromatic rings. The average molecular weight is 446 g/mol. The van der Waals surface area contributed by atoms with Crippen molar-refractivity contribution in [1.29, 1.82) is 0 Å². The summed E-state index contributed by atoms with van der Waals surface area (Å²) >= 11 is 6.08. The van der Waals surface area contributed by atoms with Crippen LogP contribution in [-0.4, -0.2) is 25.4 Å². The molecule has 7 nitrogen and oxygen atoms in total. The van der Waals surface area contributed by atoms with Gasteiger partial charge in [0, 0.05) is 11.9 Å². The van der Waals surface area contributed by atoms with E-state index in [2.05, 4.69) is 15.0 Å². The van der Waals surface area contributed by atoms with Gasteiger partial charge in [0.25, 0.3) is 15.9 Å². The van der Waals surface area contributed by atoms with Crippen LogP contribution in [0.4, 0.5) is 11.5 Å². The third-order valence-corrected chi connectivity index (χ3v) is 5.79. The number of ether oxygens (including phenoxy) is 1. The number of para-hydroxylation sites is 1. The number of pyridine rings is 1. The summed E-state index contributed by atoms with van der Waals surface area (Å²) in [5.41, 5.74) is 0.443. The number of sulfonamides is 1. The van der Waals surface area contributed by atoms with E-state index >= 15 is 0 Å². The van der Waals surface area contributed by atoms with Gasteiger partial charge in [0.05, 0.1) is 9.92 Å². The van der Waals surface area contributed by atoms with Crippen molar-refractivity contribution >= 4 is 39.0 Å². The molecule has 0 aliphatic heterocycles. The van der Waals surface area contributed by atoms with Gasteiger partial charge in [0.15, 0.2) is 6.10 Å². The van der Waals surface area contributed by atoms with Gasteiger partial charge in [-0.1, -0.05) is 36.7 Å². The summed E-state index contributed by atoms with van der Waals surface area (Å²) < 4.78 is 33.0. The van der Waals surface area contributed by atoms with Crippen LogP contribution in [0.15, 0.2) is 77.8 Å². The number of carbonyl (C=O) groups is 1. The van der Waals surface area contributed by atoms with Crippen molar-refractivity contribution in [2.75, 3.05) is 10.0 Å². The van der Waals surface area contributed by atoms with Gasteiger partial charge in [-0.2, -0.15) is 0 Å². The first-order valence-corrected chi connectivity index (χ1v) is 11.0. The summed E-state index contributed by atoms with van der Waals surface area (Å²) in [5.74, 6) is 0.278. The molecule has 1 aromatic heterocycles. The van der Waals surface area contributed by atoms with Gasteiger partial charge in [0.1, 0.15) is 11.6 Å². The predicted molar refractivity (Wildman–Crippen MR) is 116 cm³/mol. The number of benzene rings is 2. The Bertz CT molecular complexity index is 1110. The molecule has 2 aromatic carbocycles. The van der Waals surface area contributed by atoms with Gasteiger partial charge in [-0.3, -0.25) is 9.52 Å². The molecule has 0 radical (unpaired) electrons. The topological polar surface area (TPSA) is 97.4 Å². The van der Waals surface area contributed by atoms with E-state index in [0.717, 1.165) is 0 Å². The lowest BCUT2D eigenvalue weighted by Gasteiger charge is -2.18. The first-order chi connectivity index (χ1) is 14.4. The van der Waals surface area contributed by atoms with Crippen molar-refractivity contribution in [3.63, 3.8) is 0 Å². The molecular formula is C21H20ClN3O4S. The lowest BCUT2D eigenvalue weighted by atomic mass is 10.2. The minimum absolute atomic E-state index is 0.0468. The number of nitrogens with zero attached hydrogens (tertiary/aromatic N) is 1. The molecule has 2 N–H and O–H groups in total. The number of halogens is 1. The smallest absolute Gasteiger partial charge is 0.265 e. The minimum Gasteiger partial charge on any atom is -0.479 e. The van der Waals surface area contributed by atoms with Gasteiger partial charge in [-0.15, -0.1) is 0 Å². The zero-order chi connectivity index (χ0) is 21.6. The van der Waals surface area contributed by atoms with E-state index in [1.165, 1.54) is 30.5 Å². The normalized spacial score (nSPS) is 12.1. The number of aromatic nitrogens is 1. The number of amides is 1. The van der Waals surface area contributed by atoms with Crippen LogP contribution in [0.1, 0.15) is 13.3 Å². The molecule has 1 amide bonds. The molecule has 0 saturated carbocycles. The SMILES string of the molecule is CC[C@H](Oc1ccccc1Cl)C(=O)Nc1ccc(S(=O)(=O)Nc2ccccn2)cc1. The first kappa shape index (κ1) is 21.6. The number of rotatable bonds is 8. The second-order valence-corrected chi connectivity index (χ2v) is 8.37. The number of nitrogens with one attached hydrogen (secondary N) is 2.